The first-order valence-electron chi connectivity index (χ1n) is 5.04. The van der Waals surface area contributed by atoms with E-state index in [1.165, 1.54) is 0 Å². The van der Waals surface area contributed by atoms with Crippen LogP contribution in [-0.4, -0.2) is 19.0 Å². The summed E-state index contributed by atoms with van der Waals surface area (Å²) in [5.74, 6) is -0.0208. The van der Waals surface area contributed by atoms with Crippen LogP contribution >= 0.6 is 23.2 Å². The summed E-state index contributed by atoms with van der Waals surface area (Å²) in [7, 11) is 0. The number of rotatable bonds is 5. The molecule has 16 heavy (non-hydrogen) atoms. The van der Waals surface area contributed by atoms with E-state index in [0.717, 1.165) is 5.56 Å². The van der Waals surface area contributed by atoms with Crippen LogP contribution in [0.3, 0.4) is 0 Å². The summed E-state index contributed by atoms with van der Waals surface area (Å²) in [5, 5.41) is 6.92. The molecule has 2 N–H and O–H groups in total. The Morgan fingerprint density at radius 2 is 2.12 bits per heavy atom. The number of hydrogen-bond acceptors (Lipinski definition) is 2. The van der Waals surface area contributed by atoms with Crippen LogP contribution in [0.1, 0.15) is 12.5 Å². The fourth-order valence-electron chi connectivity index (χ4n) is 1.24. The molecular weight excluding hydrogens is 247 g/mol. The molecule has 1 rings (SSSR count). The van der Waals surface area contributed by atoms with Gasteiger partial charge >= 0.3 is 0 Å². The summed E-state index contributed by atoms with van der Waals surface area (Å²) in [4.78, 5) is 11.1. The summed E-state index contributed by atoms with van der Waals surface area (Å²) in [6.45, 7) is 3.36. The lowest BCUT2D eigenvalue weighted by molar-refractivity contribution is -0.120. The zero-order chi connectivity index (χ0) is 12.0. The molecule has 3 nitrogen and oxygen atoms in total. The van der Waals surface area contributed by atoms with Crippen molar-refractivity contribution < 1.29 is 4.79 Å². The molecule has 0 unspecified atom stereocenters. The molecule has 0 saturated heterocycles. The molecule has 0 atom stereocenters. The minimum atomic E-state index is -0.0208. The van der Waals surface area contributed by atoms with Gasteiger partial charge in [-0.05, 0) is 24.6 Å². The molecule has 0 aliphatic carbocycles. The Bertz CT molecular complexity index is 369. The van der Waals surface area contributed by atoms with E-state index < -0.39 is 0 Å². The highest BCUT2D eigenvalue weighted by Gasteiger charge is 2.02. The van der Waals surface area contributed by atoms with Gasteiger partial charge in [0.1, 0.15) is 0 Å². The van der Waals surface area contributed by atoms with Gasteiger partial charge in [-0.2, -0.15) is 0 Å². The highest BCUT2D eigenvalue weighted by atomic mass is 35.5. The van der Waals surface area contributed by atoms with E-state index >= 15 is 0 Å². The second-order valence-electron chi connectivity index (χ2n) is 3.29. The van der Waals surface area contributed by atoms with E-state index in [2.05, 4.69) is 10.6 Å². The molecular formula is C11H14Cl2N2O. The van der Waals surface area contributed by atoms with Gasteiger partial charge in [-0.25, -0.2) is 0 Å². The predicted octanol–water partition coefficient (Wildman–Crippen LogP) is 2.22. The van der Waals surface area contributed by atoms with Crippen molar-refractivity contribution in [3.8, 4) is 0 Å². The zero-order valence-corrected chi connectivity index (χ0v) is 10.5. The van der Waals surface area contributed by atoms with E-state index in [0.29, 0.717) is 23.1 Å². The molecule has 5 heteroatoms. The molecule has 0 bridgehead atoms. The van der Waals surface area contributed by atoms with Crippen molar-refractivity contribution in [1.82, 2.24) is 10.6 Å². The highest BCUT2D eigenvalue weighted by Crippen LogP contribution is 2.20. The van der Waals surface area contributed by atoms with Crippen molar-refractivity contribution in [2.45, 2.75) is 13.5 Å². The molecule has 0 aliphatic heterocycles. The van der Waals surface area contributed by atoms with Crippen LogP contribution in [0.25, 0.3) is 0 Å². The van der Waals surface area contributed by atoms with Crippen molar-refractivity contribution in [3.05, 3.63) is 33.8 Å². The smallest absolute Gasteiger partial charge is 0.233 e. The first-order chi connectivity index (χ1) is 7.63. The first-order valence-corrected chi connectivity index (χ1v) is 5.80. The van der Waals surface area contributed by atoms with Gasteiger partial charge in [0.2, 0.25) is 5.91 Å². The standard InChI is InChI=1S/C11H14Cl2N2O/c1-2-15-11(16)7-14-6-8-3-4-9(12)5-10(8)13/h3-5,14H,2,6-7H2,1H3,(H,15,16). The minimum Gasteiger partial charge on any atom is -0.355 e. The number of nitrogens with one attached hydrogen (secondary N) is 2. The Labute approximate surface area is 105 Å². The largest absolute Gasteiger partial charge is 0.355 e. The number of amides is 1. The van der Waals surface area contributed by atoms with E-state index in [9.17, 15) is 4.79 Å². The van der Waals surface area contributed by atoms with Crippen LogP contribution in [0.2, 0.25) is 10.0 Å². The third-order valence-electron chi connectivity index (χ3n) is 1.99. The predicted molar refractivity (Wildman–Crippen MR) is 66.9 cm³/mol. The maximum atomic E-state index is 11.1. The van der Waals surface area contributed by atoms with Crippen LogP contribution < -0.4 is 10.6 Å². The Hall–Kier alpha value is -0.770. The molecule has 0 aliphatic rings. The van der Waals surface area contributed by atoms with E-state index in [1.54, 1.807) is 12.1 Å². The normalized spacial score (nSPS) is 10.2. The number of halogens is 2. The van der Waals surface area contributed by atoms with E-state index in [1.807, 2.05) is 13.0 Å². The minimum absolute atomic E-state index is 0.0208. The Kier molecular flexibility index (Phi) is 5.60. The zero-order valence-electron chi connectivity index (χ0n) is 9.02. The van der Waals surface area contributed by atoms with Gasteiger partial charge in [-0.3, -0.25) is 4.79 Å². The topological polar surface area (TPSA) is 41.1 Å². The number of hydrogen-bond donors (Lipinski definition) is 2. The van der Waals surface area contributed by atoms with Crippen molar-refractivity contribution >= 4 is 29.1 Å². The van der Waals surface area contributed by atoms with Gasteiger partial charge in [0.15, 0.2) is 0 Å². The lowest BCUT2D eigenvalue weighted by Crippen LogP contribution is -2.33. The monoisotopic (exact) mass is 260 g/mol. The highest BCUT2D eigenvalue weighted by molar-refractivity contribution is 6.35. The Balaban J connectivity index is 2.40. The maximum Gasteiger partial charge on any atom is 0.233 e. The van der Waals surface area contributed by atoms with Crippen LogP contribution in [0.15, 0.2) is 18.2 Å². The van der Waals surface area contributed by atoms with Crippen LogP contribution in [0.4, 0.5) is 0 Å². The molecule has 0 aromatic heterocycles. The molecule has 1 aromatic rings. The Morgan fingerprint density at radius 3 is 2.75 bits per heavy atom. The van der Waals surface area contributed by atoms with Gasteiger partial charge in [-0.15, -0.1) is 0 Å². The quantitative estimate of drug-likeness (QED) is 0.853. The second kappa shape index (κ2) is 6.74. The third kappa shape index (κ3) is 4.39. The molecule has 0 saturated carbocycles. The van der Waals surface area contributed by atoms with E-state index in [-0.39, 0.29) is 12.5 Å². The van der Waals surface area contributed by atoms with Crippen molar-refractivity contribution in [2.24, 2.45) is 0 Å². The number of benzene rings is 1. The summed E-state index contributed by atoms with van der Waals surface area (Å²) in [5.41, 5.74) is 0.926. The molecule has 0 fully saturated rings. The SMILES string of the molecule is CCNC(=O)CNCc1ccc(Cl)cc1Cl. The van der Waals surface area contributed by atoms with E-state index in [4.69, 9.17) is 23.2 Å². The average molecular weight is 261 g/mol. The molecule has 1 amide bonds. The Morgan fingerprint density at radius 1 is 1.38 bits per heavy atom. The fourth-order valence-corrected chi connectivity index (χ4v) is 1.71. The van der Waals surface area contributed by atoms with Crippen molar-refractivity contribution in [2.75, 3.05) is 13.1 Å². The van der Waals surface area contributed by atoms with Gasteiger partial charge in [0.05, 0.1) is 6.54 Å². The molecule has 88 valence electrons. The van der Waals surface area contributed by atoms with Crippen LogP contribution in [0, 0.1) is 0 Å². The molecule has 0 radical (unpaired) electrons. The van der Waals surface area contributed by atoms with Crippen molar-refractivity contribution in [3.63, 3.8) is 0 Å². The second-order valence-corrected chi connectivity index (χ2v) is 4.14. The van der Waals surface area contributed by atoms with Crippen molar-refractivity contribution in [1.29, 1.82) is 0 Å². The summed E-state index contributed by atoms with van der Waals surface area (Å²) in [6.07, 6.45) is 0. The summed E-state index contributed by atoms with van der Waals surface area (Å²) >= 11 is 11.8. The van der Waals surface area contributed by atoms with Gasteiger partial charge in [0, 0.05) is 23.1 Å². The average Bonchev–Trinajstić information content (AvgIpc) is 2.22. The van der Waals surface area contributed by atoms with Crippen LogP contribution in [0.5, 0.6) is 0 Å². The number of likely N-dealkylation sites (N-methyl/N-ethyl adjacent to an activating group) is 1. The van der Waals surface area contributed by atoms with Gasteiger partial charge < -0.3 is 10.6 Å². The van der Waals surface area contributed by atoms with Gasteiger partial charge in [0.25, 0.3) is 0 Å². The lowest BCUT2D eigenvalue weighted by atomic mass is 10.2. The summed E-state index contributed by atoms with van der Waals surface area (Å²) < 4.78 is 0. The third-order valence-corrected chi connectivity index (χ3v) is 2.58. The van der Waals surface area contributed by atoms with Crippen LogP contribution in [-0.2, 0) is 11.3 Å². The molecule has 0 spiro atoms. The van der Waals surface area contributed by atoms with Gasteiger partial charge in [-0.1, -0.05) is 29.3 Å². The fraction of sp³-hybridized carbons (Fsp3) is 0.364. The molecule has 1 aromatic carbocycles. The molecule has 0 heterocycles. The number of carbonyl (C=O) groups is 1. The lowest BCUT2D eigenvalue weighted by Gasteiger charge is -2.07. The summed E-state index contributed by atoms with van der Waals surface area (Å²) in [6, 6.07) is 5.30. The first kappa shape index (κ1) is 13.3. The maximum absolute atomic E-state index is 11.1. The number of carbonyl (C=O) groups excluding carboxylic acids is 1.